The van der Waals surface area contributed by atoms with E-state index < -0.39 is 11.7 Å². The average Bonchev–Trinajstić information content (AvgIpc) is 3.15. The third-order valence-electron chi connectivity index (χ3n) is 4.77. The summed E-state index contributed by atoms with van der Waals surface area (Å²) in [6.07, 6.45) is 0.919. The highest BCUT2D eigenvalue weighted by Gasteiger charge is 2.36. The summed E-state index contributed by atoms with van der Waals surface area (Å²) in [5, 5.41) is 16.8. The van der Waals surface area contributed by atoms with Gasteiger partial charge >= 0.3 is 0 Å². The number of nitrogens with two attached hydrogens (primary N) is 1. The molecule has 0 spiro atoms. The van der Waals surface area contributed by atoms with Gasteiger partial charge in [0.15, 0.2) is 0 Å². The van der Waals surface area contributed by atoms with Crippen molar-refractivity contribution in [2.75, 3.05) is 6.61 Å². The molecule has 29 heavy (non-hydrogen) atoms. The van der Waals surface area contributed by atoms with Gasteiger partial charge in [-0.1, -0.05) is 25.1 Å². The van der Waals surface area contributed by atoms with E-state index in [9.17, 15) is 9.65 Å². The molecular formula is C22H19FN4O2. The Kier molecular flexibility index (Phi) is 4.92. The number of rotatable bonds is 5. The summed E-state index contributed by atoms with van der Waals surface area (Å²) in [6.45, 7) is 2.68. The van der Waals surface area contributed by atoms with E-state index in [4.69, 9.17) is 15.2 Å². The molecule has 0 fully saturated rings. The Morgan fingerprint density at radius 2 is 2.00 bits per heavy atom. The van der Waals surface area contributed by atoms with Gasteiger partial charge in [0, 0.05) is 11.1 Å². The van der Waals surface area contributed by atoms with Crippen molar-refractivity contribution in [3.05, 3.63) is 76.9 Å². The lowest BCUT2D eigenvalue weighted by Crippen LogP contribution is -2.21. The predicted molar refractivity (Wildman–Crippen MR) is 106 cm³/mol. The quantitative estimate of drug-likeness (QED) is 0.680. The maximum absolute atomic E-state index is 14.7. The van der Waals surface area contributed by atoms with Crippen LogP contribution >= 0.6 is 0 Å². The van der Waals surface area contributed by atoms with Crippen LogP contribution in [-0.4, -0.2) is 16.8 Å². The molecule has 2 heterocycles. The van der Waals surface area contributed by atoms with E-state index in [-0.39, 0.29) is 17.3 Å². The van der Waals surface area contributed by atoms with Crippen molar-refractivity contribution >= 4 is 0 Å². The van der Waals surface area contributed by atoms with Gasteiger partial charge in [0.05, 0.1) is 23.8 Å². The lowest BCUT2D eigenvalue weighted by Gasteiger charge is -2.24. The summed E-state index contributed by atoms with van der Waals surface area (Å²) < 4.78 is 25.8. The topological polar surface area (TPSA) is 97.0 Å². The molecule has 1 atom stereocenters. The molecule has 1 aliphatic rings. The van der Waals surface area contributed by atoms with Crippen LogP contribution in [0.5, 0.6) is 11.6 Å². The van der Waals surface area contributed by atoms with Gasteiger partial charge in [-0.15, -0.1) is 5.10 Å². The summed E-state index contributed by atoms with van der Waals surface area (Å²) >= 11 is 0. The lowest BCUT2D eigenvalue weighted by molar-refractivity contribution is 0.317. The van der Waals surface area contributed by atoms with Crippen molar-refractivity contribution in [3.63, 3.8) is 0 Å². The molecule has 0 radical (unpaired) electrons. The number of aromatic amines is 1. The number of aromatic nitrogens is 2. The molecule has 0 amide bonds. The first-order valence-electron chi connectivity index (χ1n) is 9.27. The number of H-pyrrole nitrogens is 1. The highest BCUT2D eigenvalue weighted by Crippen LogP contribution is 2.46. The number of nitriles is 1. The van der Waals surface area contributed by atoms with E-state index in [1.165, 1.54) is 6.07 Å². The standard InChI is InChI=1S/C22H19FN4O2/c1-2-11-28-14-9-7-13(8-10-14)20-19-18(15-5-3-4-6-17(15)23)16(12-24)21(25)29-22(19)27-26-20/h3-10,18H,2,11,25H2,1H3,(H,26,27). The van der Waals surface area contributed by atoms with Crippen molar-refractivity contribution in [3.8, 4) is 29.0 Å². The van der Waals surface area contributed by atoms with Crippen LogP contribution in [0.2, 0.25) is 0 Å². The fraction of sp³-hybridized carbons (Fsp3) is 0.182. The van der Waals surface area contributed by atoms with E-state index in [2.05, 4.69) is 16.3 Å². The van der Waals surface area contributed by atoms with Crippen molar-refractivity contribution in [2.24, 2.45) is 5.73 Å². The number of hydrogen-bond donors (Lipinski definition) is 2. The maximum atomic E-state index is 14.7. The summed E-state index contributed by atoms with van der Waals surface area (Å²) in [6, 6.07) is 15.9. The van der Waals surface area contributed by atoms with Gasteiger partial charge in [0.1, 0.15) is 23.2 Å². The third-order valence-corrected chi connectivity index (χ3v) is 4.77. The minimum atomic E-state index is -0.727. The zero-order valence-electron chi connectivity index (χ0n) is 15.8. The second-order valence-corrected chi connectivity index (χ2v) is 6.64. The summed E-state index contributed by atoms with van der Waals surface area (Å²) in [7, 11) is 0. The molecule has 4 rings (SSSR count). The molecule has 7 heteroatoms. The van der Waals surface area contributed by atoms with Crippen molar-refractivity contribution < 1.29 is 13.9 Å². The molecule has 3 N–H and O–H groups in total. The summed E-state index contributed by atoms with van der Waals surface area (Å²) in [5.74, 6) is -0.241. The first-order chi connectivity index (χ1) is 14.1. The lowest BCUT2D eigenvalue weighted by atomic mass is 9.83. The van der Waals surface area contributed by atoms with Crippen LogP contribution in [0.3, 0.4) is 0 Å². The maximum Gasteiger partial charge on any atom is 0.244 e. The Morgan fingerprint density at radius 3 is 2.69 bits per heavy atom. The largest absolute Gasteiger partial charge is 0.494 e. The van der Waals surface area contributed by atoms with E-state index in [0.717, 1.165) is 17.7 Å². The Morgan fingerprint density at radius 1 is 1.24 bits per heavy atom. The van der Waals surface area contributed by atoms with Crippen molar-refractivity contribution in [2.45, 2.75) is 19.3 Å². The molecule has 0 bridgehead atoms. The zero-order chi connectivity index (χ0) is 20.4. The highest BCUT2D eigenvalue weighted by molar-refractivity contribution is 5.71. The first kappa shape index (κ1) is 18.6. The van der Waals surface area contributed by atoms with Gasteiger partial charge in [-0.2, -0.15) is 5.26 Å². The van der Waals surface area contributed by atoms with E-state index in [1.807, 2.05) is 31.2 Å². The molecule has 1 aromatic heterocycles. The summed E-state index contributed by atoms with van der Waals surface area (Å²) in [5.41, 5.74) is 8.44. The van der Waals surface area contributed by atoms with E-state index >= 15 is 0 Å². The Balaban J connectivity index is 1.83. The number of nitrogens with zero attached hydrogens (tertiary/aromatic N) is 2. The molecule has 0 saturated heterocycles. The number of fused-ring (bicyclic) bond motifs is 1. The summed E-state index contributed by atoms with van der Waals surface area (Å²) in [4.78, 5) is 0. The van der Waals surface area contributed by atoms with Crippen LogP contribution in [0.25, 0.3) is 11.3 Å². The van der Waals surface area contributed by atoms with Gasteiger partial charge in [-0.3, -0.25) is 5.10 Å². The van der Waals surface area contributed by atoms with Crippen LogP contribution in [-0.2, 0) is 0 Å². The second-order valence-electron chi connectivity index (χ2n) is 6.64. The van der Waals surface area contributed by atoms with Crippen molar-refractivity contribution in [1.82, 2.24) is 10.2 Å². The second kappa shape index (κ2) is 7.68. The normalized spacial score (nSPS) is 15.4. The van der Waals surface area contributed by atoms with Crippen molar-refractivity contribution in [1.29, 1.82) is 5.26 Å². The molecule has 2 aromatic carbocycles. The smallest absolute Gasteiger partial charge is 0.244 e. The van der Waals surface area contributed by atoms with Gasteiger partial charge in [-0.25, -0.2) is 4.39 Å². The number of hydrogen-bond acceptors (Lipinski definition) is 5. The highest BCUT2D eigenvalue weighted by atomic mass is 19.1. The number of nitrogens with one attached hydrogen (secondary N) is 1. The predicted octanol–water partition coefficient (Wildman–Crippen LogP) is 4.22. The van der Waals surface area contributed by atoms with Crippen LogP contribution in [0.1, 0.15) is 30.4 Å². The molecule has 1 unspecified atom stereocenters. The Bertz CT molecular complexity index is 1110. The fourth-order valence-electron chi connectivity index (χ4n) is 3.42. The van der Waals surface area contributed by atoms with Crippen LogP contribution in [0, 0.1) is 17.1 Å². The Hall–Kier alpha value is -3.79. The molecular weight excluding hydrogens is 371 g/mol. The van der Waals surface area contributed by atoms with E-state index in [0.29, 0.717) is 23.4 Å². The Labute approximate surface area is 167 Å². The molecule has 0 aliphatic carbocycles. The molecule has 6 nitrogen and oxygen atoms in total. The number of benzene rings is 2. The monoisotopic (exact) mass is 390 g/mol. The fourth-order valence-corrected chi connectivity index (χ4v) is 3.42. The molecule has 146 valence electrons. The van der Waals surface area contributed by atoms with Crippen LogP contribution in [0.15, 0.2) is 60.0 Å². The SMILES string of the molecule is CCCOc1ccc(-c2[nH]nc3c2C(c2ccccc2F)C(C#N)=C(N)O3)cc1. The van der Waals surface area contributed by atoms with Crippen LogP contribution in [0.4, 0.5) is 4.39 Å². The third kappa shape index (κ3) is 3.29. The number of halogens is 1. The van der Waals surface area contributed by atoms with Gasteiger partial charge in [-0.05, 0) is 36.8 Å². The molecule has 3 aromatic rings. The first-order valence-corrected chi connectivity index (χ1v) is 9.27. The zero-order valence-corrected chi connectivity index (χ0v) is 15.8. The molecule has 0 saturated carbocycles. The number of allylic oxidation sites excluding steroid dienone is 1. The van der Waals surface area contributed by atoms with Crippen LogP contribution < -0.4 is 15.2 Å². The minimum Gasteiger partial charge on any atom is -0.494 e. The van der Waals surface area contributed by atoms with Gasteiger partial charge < -0.3 is 15.2 Å². The molecule has 1 aliphatic heterocycles. The average molecular weight is 390 g/mol. The number of ether oxygens (including phenoxy) is 2. The minimum absolute atomic E-state index is 0.0744. The van der Waals surface area contributed by atoms with Gasteiger partial charge in [0.25, 0.3) is 0 Å². The van der Waals surface area contributed by atoms with E-state index in [1.54, 1.807) is 18.2 Å². The van der Waals surface area contributed by atoms with Gasteiger partial charge in [0.2, 0.25) is 11.8 Å².